The minimum Gasteiger partial charge on any atom is -0.494 e. The second-order valence-electron chi connectivity index (χ2n) is 6.49. The summed E-state index contributed by atoms with van der Waals surface area (Å²) in [6.45, 7) is 9.05. The Labute approximate surface area is 152 Å². The molecule has 1 aliphatic carbocycles. The average molecular weight is 348 g/mol. The van der Waals surface area contributed by atoms with Gasteiger partial charge >= 0.3 is 0 Å². The van der Waals surface area contributed by atoms with Gasteiger partial charge in [-0.2, -0.15) is 0 Å². The van der Waals surface area contributed by atoms with Gasteiger partial charge in [0.05, 0.1) is 13.2 Å². The largest absolute Gasteiger partial charge is 0.494 e. The molecule has 1 fully saturated rings. The van der Waals surface area contributed by atoms with E-state index in [4.69, 9.17) is 9.47 Å². The van der Waals surface area contributed by atoms with Crippen molar-refractivity contribution in [2.24, 2.45) is 10.9 Å². The first-order chi connectivity index (χ1) is 12.3. The van der Waals surface area contributed by atoms with E-state index in [9.17, 15) is 0 Å². The third-order valence-corrected chi connectivity index (χ3v) is 3.94. The van der Waals surface area contributed by atoms with E-state index in [0.717, 1.165) is 68.9 Å². The van der Waals surface area contributed by atoms with Gasteiger partial charge in [0, 0.05) is 26.3 Å². The molecule has 0 radical (unpaired) electrons. The highest BCUT2D eigenvalue weighted by Gasteiger charge is 2.20. The molecule has 0 amide bonds. The molecule has 25 heavy (non-hydrogen) atoms. The van der Waals surface area contributed by atoms with Crippen molar-refractivity contribution in [1.82, 2.24) is 10.6 Å². The van der Waals surface area contributed by atoms with Gasteiger partial charge in [-0.15, -0.1) is 0 Å². The second-order valence-corrected chi connectivity index (χ2v) is 6.49. The quantitative estimate of drug-likeness (QED) is 0.346. The van der Waals surface area contributed by atoms with E-state index in [1.54, 1.807) is 0 Å². The van der Waals surface area contributed by atoms with Crippen LogP contribution in [0.5, 0.6) is 5.75 Å². The molecule has 0 aliphatic heterocycles. The first kappa shape index (κ1) is 19.6. The molecular weight excluding hydrogens is 314 g/mol. The van der Waals surface area contributed by atoms with Crippen molar-refractivity contribution in [2.75, 3.05) is 32.9 Å². The predicted molar refractivity (Wildman–Crippen MR) is 103 cm³/mol. The molecule has 0 spiro atoms. The van der Waals surface area contributed by atoms with E-state index in [1.165, 1.54) is 12.8 Å². The molecule has 2 N–H and O–H groups in total. The van der Waals surface area contributed by atoms with Crippen molar-refractivity contribution in [3.05, 3.63) is 29.8 Å². The van der Waals surface area contributed by atoms with Crippen LogP contribution in [0.2, 0.25) is 0 Å². The van der Waals surface area contributed by atoms with E-state index in [-0.39, 0.29) is 0 Å². The fraction of sp³-hybridized carbons (Fsp3) is 0.650. The van der Waals surface area contributed by atoms with E-state index in [1.807, 2.05) is 12.1 Å². The molecule has 5 heteroatoms. The number of guanidine groups is 1. The minimum absolute atomic E-state index is 0.636. The van der Waals surface area contributed by atoms with Gasteiger partial charge in [0.15, 0.2) is 5.96 Å². The molecule has 1 saturated carbocycles. The third kappa shape index (κ3) is 8.77. The van der Waals surface area contributed by atoms with Crippen LogP contribution in [0.25, 0.3) is 0 Å². The summed E-state index contributed by atoms with van der Waals surface area (Å²) in [5.74, 6) is 2.61. The highest BCUT2D eigenvalue weighted by Crippen LogP contribution is 2.28. The minimum atomic E-state index is 0.636. The summed E-state index contributed by atoms with van der Waals surface area (Å²) >= 11 is 0. The maximum Gasteiger partial charge on any atom is 0.191 e. The summed E-state index contributed by atoms with van der Waals surface area (Å²) in [5.41, 5.74) is 1.15. The molecule has 5 nitrogen and oxygen atoms in total. The fourth-order valence-corrected chi connectivity index (χ4v) is 2.38. The van der Waals surface area contributed by atoms with Crippen LogP contribution in [0.1, 0.15) is 45.1 Å². The third-order valence-electron chi connectivity index (χ3n) is 3.94. The number of nitrogens with one attached hydrogen (secondary N) is 2. The zero-order chi connectivity index (χ0) is 17.7. The van der Waals surface area contributed by atoms with Gasteiger partial charge in [-0.1, -0.05) is 19.1 Å². The molecule has 0 aromatic heterocycles. The number of nitrogens with zero attached hydrogens (tertiary/aromatic N) is 1. The monoisotopic (exact) mass is 347 g/mol. The summed E-state index contributed by atoms with van der Waals surface area (Å²) in [4.78, 5) is 4.66. The number of hydrogen-bond acceptors (Lipinski definition) is 3. The Morgan fingerprint density at radius 3 is 2.84 bits per heavy atom. The Kier molecular flexibility index (Phi) is 9.19. The van der Waals surface area contributed by atoms with Gasteiger partial charge in [-0.3, -0.25) is 0 Å². The highest BCUT2D eigenvalue weighted by atomic mass is 16.5. The maximum atomic E-state index is 5.68. The van der Waals surface area contributed by atoms with Crippen molar-refractivity contribution < 1.29 is 9.47 Å². The van der Waals surface area contributed by atoms with Crippen LogP contribution < -0.4 is 15.4 Å². The molecule has 0 atom stereocenters. The van der Waals surface area contributed by atoms with Crippen LogP contribution in [0.4, 0.5) is 0 Å². The van der Waals surface area contributed by atoms with Gasteiger partial charge < -0.3 is 20.1 Å². The lowest BCUT2D eigenvalue weighted by atomic mass is 10.2. The van der Waals surface area contributed by atoms with Crippen molar-refractivity contribution in [1.29, 1.82) is 0 Å². The van der Waals surface area contributed by atoms with Gasteiger partial charge in [-0.05, 0) is 56.2 Å². The molecule has 2 rings (SSSR count). The van der Waals surface area contributed by atoms with E-state index < -0.39 is 0 Å². The summed E-state index contributed by atoms with van der Waals surface area (Å²) in [6.07, 6.45) is 4.71. The van der Waals surface area contributed by atoms with Crippen molar-refractivity contribution in [3.8, 4) is 5.75 Å². The number of rotatable bonds is 12. The molecule has 1 aromatic rings. The van der Waals surface area contributed by atoms with Gasteiger partial charge in [0.2, 0.25) is 0 Å². The lowest BCUT2D eigenvalue weighted by Crippen LogP contribution is -2.38. The number of ether oxygens (including phenoxy) is 2. The topological polar surface area (TPSA) is 54.9 Å². The van der Waals surface area contributed by atoms with Gasteiger partial charge in [0.1, 0.15) is 5.75 Å². The summed E-state index contributed by atoms with van der Waals surface area (Å²) < 4.78 is 11.3. The predicted octanol–water partition coefficient (Wildman–Crippen LogP) is 3.35. The van der Waals surface area contributed by atoms with Gasteiger partial charge in [-0.25, -0.2) is 4.99 Å². The summed E-state index contributed by atoms with van der Waals surface area (Å²) in [5, 5.41) is 6.66. The van der Waals surface area contributed by atoms with Crippen molar-refractivity contribution in [2.45, 2.75) is 46.1 Å². The Hall–Kier alpha value is -1.75. The first-order valence-corrected chi connectivity index (χ1v) is 9.63. The molecule has 140 valence electrons. The summed E-state index contributed by atoms with van der Waals surface area (Å²) in [7, 11) is 0. The molecule has 0 heterocycles. The normalized spacial score (nSPS) is 14.4. The van der Waals surface area contributed by atoms with E-state index in [0.29, 0.717) is 6.54 Å². The zero-order valence-corrected chi connectivity index (χ0v) is 15.7. The Morgan fingerprint density at radius 1 is 1.20 bits per heavy atom. The second kappa shape index (κ2) is 11.7. The zero-order valence-electron chi connectivity index (χ0n) is 15.7. The molecule has 1 aromatic carbocycles. The SMILES string of the molecule is CCCOc1cccc(CN=C(NCC)NCCCOCC2CC2)c1. The molecule has 0 unspecified atom stereocenters. The van der Waals surface area contributed by atoms with Gasteiger partial charge in [0.25, 0.3) is 0 Å². The van der Waals surface area contributed by atoms with Crippen LogP contribution in [-0.2, 0) is 11.3 Å². The maximum absolute atomic E-state index is 5.68. The lowest BCUT2D eigenvalue weighted by Gasteiger charge is -2.12. The molecule has 1 aliphatic rings. The van der Waals surface area contributed by atoms with Crippen molar-refractivity contribution >= 4 is 5.96 Å². The van der Waals surface area contributed by atoms with E-state index >= 15 is 0 Å². The standard InChI is InChI=1S/C20H33N3O2/c1-3-12-25-19-8-5-7-18(14-19)15-23-20(21-4-2)22-11-6-13-24-16-17-9-10-17/h5,7-8,14,17H,3-4,6,9-13,15-16H2,1-2H3,(H2,21,22,23). The lowest BCUT2D eigenvalue weighted by molar-refractivity contribution is 0.123. The first-order valence-electron chi connectivity index (χ1n) is 9.63. The number of aliphatic imine (C=N–C) groups is 1. The molecular formula is C20H33N3O2. The van der Waals surface area contributed by atoms with E-state index in [2.05, 4.69) is 41.6 Å². The molecule has 0 saturated heterocycles. The average Bonchev–Trinajstić information content (AvgIpc) is 3.45. The Bertz CT molecular complexity index is 515. The number of benzene rings is 1. The Morgan fingerprint density at radius 2 is 2.08 bits per heavy atom. The number of hydrogen-bond donors (Lipinski definition) is 2. The fourth-order valence-electron chi connectivity index (χ4n) is 2.38. The van der Waals surface area contributed by atoms with Crippen LogP contribution in [0.3, 0.4) is 0 Å². The van der Waals surface area contributed by atoms with Crippen LogP contribution in [0, 0.1) is 5.92 Å². The van der Waals surface area contributed by atoms with Crippen LogP contribution in [-0.4, -0.2) is 38.9 Å². The highest BCUT2D eigenvalue weighted by molar-refractivity contribution is 5.79. The Balaban J connectivity index is 1.71. The van der Waals surface area contributed by atoms with Crippen LogP contribution in [0.15, 0.2) is 29.3 Å². The van der Waals surface area contributed by atoms with Crippen LogP contribution >= 0.6 is 0 Å². The molecule has 0 bridgehead atoms. The van der Waals surface area contributed by atoms with Crippen molar-refractivity contribution in [3.63, 3.8) is 0 Å². The summed E-state index contributed by atoms with van der Waals surface area (Å²) in [6, 6.07) is 8.16. The smallest absolute Gasteiger partial charge is 0.191 e.